The van der Waals surface area contributed by atoms with E-state index in [2.05, 4.69) is 20.4 Å². The molecular formula is C13H15N3O2S. The smallest absolute Gasteiger partial charge is 0.411 e. The Morgan fingerprint density at radius 1 is 1.42 bits per heavy atom. The van der Waals surface area contributed by atoms with Gasteiger partial charge in [-0.2, -0.15) is 0 Å². The first-order chi connectivity index (χ1) is 9.17. The van der Waals surface area contributed by atoms with Crippen LogP contribution in [0.2, 0.25) is 0 Å². The molecular weight excluding hydrogens is 262 g/mol. The first-order valence-corrected chi connectivity index (χ1v) is 6.65. The van der Waals surface area contributed by atoms with Crippen molar-refractivity contribution in [2.75, 3.05) is 17.7 Å². The van der Waals surface area contributed by atoms with E-state index in [0.717, 1.165) is 16.4 Å². The normalized spacial score (nSPS) is 10.0. The van der Waals surface area contributed by atoms with Gasteiger partial charge in [0.15, 0.2) is 0 Å². The summed E-state index contributed by atoms with van der Waals surface area (Å²) in [5, 5.41) is 8.93. The Kier molecular flexibility index (Phi) is 4.35. The molecule has 1 heterocycles. The third-order valence-electron chi connectivity index (χ3n) is 2.40. The van der Waals surface area contributed by atoms with Crippen LogP contribution in [0.3, 0.4) is 0 Å². The molecule has 100 valence electrons. The van der Waals surface area contributed by atoms with E-state index in [0.29, 0.717) is 12.2 Å². The number of aryl methyl sites for hydroxylation is 1. The monoisotopic (exact) mass is 277 g/mol. The fraction of sp³-hybridized carbons (Fsp3) is 0.231. The van der Waals surface area contributed by atoms with Crippen LogP contribution in [-0.4, -0.2) is 18.2 Å². The van der Waals surface area contributed by atoms with Crippen molar-refractivity contribution >= 4 is 28.8 Å². The Bertz CT molecular complexity index is 569. The number of hydrogen-bond acceptors (Lipinski definition) is 5. The molecule has 6 heteroatoms. The second-order valence-electron chi connectivity index (χ2n) is 3.93. The Morgan fingerprint density at radius 2 is 2.21 bits per heavy atom. The number of methoxy groups -OCH3 is 1. The number of nitrogens with zero attached hydrogens (tertiary/aromatic N) is 1. The lowest BCUT2D eigenvalue weighted by atomic mass is 10.3. The molecule has 1 aromatic carbocycles. The fourth-order valence-corrected chi connectivity index (χ4v) is 2.25. The van der Waals surface area contributed by atoms with Crippen molar-refractivity contribution in [2.24, 2.45) is 0 Å². The number of amides is 1. The van der Waals surface area contributed by atoms with Gasteiger partial charge in [-0.25, -0.2) is 9.78 Å². The number of hydrogen-bond donors (Lipinski definition) is 2. The molecule has 2 rings (SSSR count). The van der Waals surface area contributed by atoms with Crippen LogP contribution >= 0.6 is 11.3 Å². The second-order valence-corrected chi connectivity index (χ2v) is 4.88. The molecule has 0 saturated carbocycles. The zero-order valence-electron chi connectivity index (χ0n) is 10.8. The summed E-state index contributed by atoms with van der Waals surface area (Å²) >= 11 is 1.62. The molecule has 19 heavy (non-hydrogen) atoms. The van der Waals surface area contributed by atoms with Gasteiger partial charge in [-0.05, 0) is 25.1 Å². The fourth-order valence-electron chi connectivity index (χ4n) is 1.54. The standard InChI is InChI=1S/C13H15N3O2S/c1-9-8-19-12(15-9)7-14-10-4-3-5-11(6-10)16-13(17)18-2/h3-6,8,14H,7H2,1-2H3,(H,16,17). The maximum atomic E-state index is 11.1. The van der Waals surface area contributed by atoms with Crippen molar-refractivity contribution in [2.45, 2.75) is 13.5 Å². The number of benzene rings is 1. The molecule has 0 saturated heterocycles. The summed E-state index contributed by atoms with van der Waals surface area (Å²) in [7, 11) is 1.34. The van der Waals surface area contributed by atoms with Gasteiger partial charge in [0.2, 0.25) is 0 Å². The van der Waals surface area contributed by atoms with E-state index in [1.165, 1.54) is 7.11 Å². The highest BCUT2D eigenvalue weighted by atomic mass is 32.1. The second kappa shape index (κ2) is 6.19. The number of ether oxygens (including phenoxy) is 1. The van der Waals surface area contributed by atoms with E-state index < -0.39 is 6.09 Å². The number of thiazole rings is 1. The molecule has 0 aliphatic heterocycles. The number of nitrogens with one attached hydrogen (secondary N) is 2. The Morgan fingerprint density at radius 3 is 2.89 bits per heavy atom. The van der Waals surface area contributed by atoms with E-state index in [9.17, 15) is 4.79 Å². The molecule has 0 radical (unpaired) electrons. The first-order valence-electron chi connectivity index (χ1n) is 5.77. The van der Waals surface area contributed by atoms with Crippen molar-refractivity contribution in [3.8, 4) is 0 Å². The summed E-state index contributed by atoms with van der Waals surface area (Å²) in [6.07, 6.45) is -0.479. The predicted octanol–water partition coefficient (Wildman–Crippen LogP) is 3.24. The summed E-state index contributed by atoms with van der Waals surface area (Å²) in [6, 6.07) is 7.44. The Balaban J connectivity index is 1.97. The Hall–Kier alpha value is -2.08. The van der Waals surface area contributed by atoms with Crippen molar-refractivity contribution in [3.05, 3.63) is 40.3 Å². The van der Waals surface area contributed by atoms with Crippen LogP contribution in [0, 0.1) is 6.92 Å². The first kappa shape index (κ1) is 13.4. The van der Waals surface area contributed by atoms with Crippen molar-refractivity contribution in [1.82, 2.24) is 4.98 Å². The number of anilines is 2. The van der Waals surface area contributed by atoms with Gasteiger partial charge < -0.3 is 10.1 Å². The zero-order valence-corrected chi connectivity index (χ0v) is 11.6. The predicted molar refractivity (Wildman–Crippen MR) is 76.6 cm³/mol. The van der Waals surface area contributed by atoms with E-state index >= 15 is 0 Å². The van der Waals surface area contributed by atoms with E-state index in [-0.39, 0.29) is 0 Å². The van der Waals surface area contributed by atoms with E-state index in [4.69, 9.17) is 0 Å². The topological polar surface area (TPSA) is 63.2 Å². The molecule has 0 aliphatic carbocycles. The third kappa shape index (κ3) is 3.96. The van der Waals surface area contributed by atoms with Gasteiger partial charge in [-0.3, -0.25) is 5.32 Å². The van der Waals surface area contributed by atoms with Crippen LogP contribution in [0.1, 0.15) is 10.7 Å². The molecule has 0 bridgehead atoms. The lowest BCUT2D eigenvalue weighted by Gasteiger charge is -2.07. The van der Waals surface area contributed by atoms with Crippen LogP contribution < -0.4 is 10.6 Å². The zero-order chi connectivity index (χ0) is 13.7. The van der Waals surface area contributed by atoms with Crippen LogP contribution in [0.5, 0.6) is 0 Å². The molecule has 0 aliphatic rings. The average molecular weight is 277 g/mol. The van der Waals surface area contributed by atoms with Crippen LogP contribution in [0.25, 0.3) is 0 Å². The van der Waals surface area contributed by atoms with Crippen molar-refractivity contribution in [1.29, 1.82) is 0 Å². The molecule has 2 aromatic rings. The van der Waals surface area contributed by atoms with E-state index in [1.54, 1.807) is 17.4 Å². The van der Waals surface area contributed by atoms with Crippen LogP contribution in [0.4, 0.5) is 16.2 Å². The van der Waals surface area contributed by atoms with Gasteiger partial charge in [0.25, 0.3) is 0 Å². The summed E-state index contributed by atoms with van der Waals surface area (Å²) in [5.74, 6) is 0. The summed E-state index contributed by atoms with van der Waals surface area (Å²) in [6.45, 7) is 2.64. The van der Waals surface area contributed by atoms with Gasteiger partial charge in [-0.15, -0.1) is 11.3 Å². The number of carbonyl (C=O) groups is 1. The molecule has 0 fully saturated rings. The lowest BCUT2D eigenvalue weighted by molar-refractivity contribution is 0.187. The van der Waals surface area contributed by atoms with Gasteiger partial charge in [0.05, 0.1) is 13.7 Å². The number of aromatic nitrogens is 1. The molecule has 0 spiro atoms. The quantitative estimate of drug-likeness (QED) is 0.900. The van der Waals surface area contributed by atoms with Gasteiger partial charge in [0, 0.05) is 22.4 Å². The van der Waals surface area contributed by atoms with Crippen LogP contribution in [-0.2, 0) is 11.3 Å². The Labute approximate surface area is 115 Å². The minimum absolute atomic E-state index is 0.479. The minimum Gasteiger partial charge on any atom is -0.453 e. The summed E-state index contributed by atoms with van der Waals surface area (Å²) < 4.78 is 4.55. The maximum Gasteiger partial charge on any atom is 0.411 e. The number of carbonyl (C=O) groups excluding carboxylic acids is 1. The molecule has 5 nitrogen and oxygen atoms in total. The van der Waals surface area contributed by atoms with Gasteiger partial charge in [-0.1, -0.05) is 6.07 Å². The highest BCUT2D eigenvalue weighted by Gasteiger charge is 2.02. The maximum absolute atomic E-state index is 11.1. The number of rotatable bonds is 4. The summed E-state index contributed by atoms with van der Waals surface area (Å²) in [5.41, 5.74) is 2.64. The largest absolute Gasteiger partial charge is 0.453 e. The third-order valence-corrected chi connectivity index (χ3v) is 3.37. The van der Waals surface area contributed by atoms with Gasteiger partial charge in [0.1, 0.15) is 5.01 Å². The highest BCUT2D eigenvalue weighted by Crippen LogP contribution is 2.17. The van der Waals surface area contributed by atoms with Crippen molar-refractivity contribution in [3.63, 3.8) is 0 Å². The van der Waals surface area contributed by atoms with Crippen molar-refractivity contribution < 1.29 is 9.53 Å². The molecule has 1 amide bonds. The molecule has 1 aromatic heterocycles. The minimum atomic E-state index is -0.479. The molecule has 2 N–H and O–H groups in total. The molecule has 0 unspecified atom stereocenters. The lowest BCUT2D eigenvalue weighted by Crippen LogP contribution is -2.11. The summed E-state index contributed by atoms with van der Waals surface area (Å²) in [4.78, 5) is 15.5. The van der Waals surface area contributed by atoms with E-state index in [1.807, 2.05) is 30.5 Å². The average Bonchev–Trinajstić information content (AvgIpc) is 2.82. The van der Waals surface area contributed by atoms with Crippen LogP contribution in [0.15, 0.2) is 29.6 Å². The SMILES string of the molecule is COC(=O)Nc1cccc(NCc2nc(C)cs2)c1. The van der Waals surface area contributed by atoms with Gasteiger partial charge >= 0.3 is 6.09 Å². The molecule has 0 atom stereocenters. The highest BCUT2D eigenvalue weighted by molar-refractivity contribution is 7.09.